The number of hydrogen-bond donors (Lipinski definition) is 1. The Hall–Kier alpha value is -1.88. The molecule has 0 spiro atoms. The highest BCUT2D eigenvalue weighted by Crippen LogP contribution is 2.44. The normalized spacial score (nSPS) is 20.0. The molecule has 1 aromatic rings. The molecule has 5 nitrogen and oxygen atoms in total. The van der Waals surface area contributed by atoms with E-state index in [1.165, 1.54) is 7.11 Å². The molecule has 1 aromatic carbocycles. The van der Waals surface area contributed by atoms with Gasteiger partial charge in [0.15, 0.2) is 0 Å². The average molecular weight is 274 g/mol. The third-order valence-electron chi connectivity index (χ3n) is 3.98. The number of carbonyl (C=O) groups excluding carboxylic acids is 2. The largest absolute Gasteiger partial charge is 0.375 e. The number of rotatable bonds is 3. The van der Waals surface area contributed by atoms with Crippen molar-refractivity contribution in [2.45, 2.75) is 25.7 Å². The molecule has 0 radical (unpaired) electrons. The van der Waals surface area contributed by atoms with Crippen LogP contribution in [0, 0.1) is 0 Å². The zero-order chi connectivity index (χ0) is 14.3. The lowest BCUT2D eigenvalue weighted by Gasteiger charge is -2.26. The summed E-state index contributed by atoms with van der Waals surface area (Å²) in [6.45, 7) is 2.77. The van der Waals surface area contributed by atoms with Crippen LogP contribution in [0.1, 0.15) is 30.4 Å². The van der Waals surface area contributed by atoms with E-state index in [0.29, 0.717) is 0 Å². The summed E-state index contributed by atoms with van der Waals surface area (Å²) >= 11 is 0. The third kappa shape index (κ3) is 1.98. The molecule has 0 aliphatic carbocycles. The summed E-state index contributed by atoms with van der Waals surface area (Å²) in [4.78, 5) is 25.7. The maximum atomic E-state index is 12.2. The minimum absolute atomic E-state index is 0.0347. The van der Waals surface area contributed by atoms with Crippen molar-refractivity contribution >= 4 is 23.2 Å². The number of anilines is 2. The van der Waals surface area contributed by atoms with Crippen LogP contribution in [0.3, 0.4) is 0 Å². The van der Waals surface area contributed by atoms with Crippen LogP contribution in [-0.4, -0.2) is 32.1 Å². The van der Waals surface area contributed by atoms with Crippen molar-refractivity contribution in [1.29, 1.82) is 0 Å². The highest BCUT2D eigenvalue weighted by atomic mass is 16.5. The number of carbonyl (C=O) groups is 2. The molecule has 0 fully saturated rings. The lowest BCUT2D eigenvalue weighted by Crippen LogP contribution is -2.32. The first kappa shape index (κ1) is 13.1. The van der Waals surface area contributed by atoms with Crippen molar-refractivity contribution in [1.82, 2.24) is 0 Å². The Morgan fingerprint density at radius 1 is 1.50 bits per heavy atom. The first-order chi connectivity index (χ1) is 9.61. The molecule has 2 amide bonds. The van der Waals surface area contributed by atoms with Gasteiger partial charge in [0.05, 0.1) is 11.6 Å². The molecule has 5 heteroatoms. The number of hydrogen-bond acceptors (Lipinski definition) is 3. The van der Waals surface area contributed by atoms with Crippen LogP contribution in [0.5, 0.6) is 0 Å². The van der Waals surface area contributed by atoms with E-state index in [9.17, 15) is 9.59 Å². The van der Waals surface area contributed by atoms with E-state index >= 15 is 0 Å². The lowest BCUT2D eigenvalue weighted by atomic mass is 9.96. The van der Waals surface area contributed by atoms with Gasteiger partial charge >= 0.3 is 0 Å². The first-order valence-electron chi connectivity index (χ1n) is 6.89. The molecule has 3 rings (SSSR count). The predicted molar refractivity (Wildman–Crippen MR) is 76.0 cm³/mol. The fourth-order valence-electron chi connectivity index (χ4n) is 3.10. The highest BCUT2D eigenvalue weighted by molar-refractivity contribution is 6.06. The zero-order valence-electron chi connectivity index (χ0n) is 11.7. The summed E-state index contributed by atoms with van der Waals surface area (Å²) in [7, 11) is 1.49. The number of nitrogens with zero attached hydrogens (tertiary/aromatic N) is 1. The minimum Gasteiger partial charge on any atom is -0.375 e. The van der Waals surface area contributed by atoms with Gasteiger partial charge in [0.2, 0.25) is 11.8 Å². The SMILES string of the molecule is COCC(=O)Nc1cc2c3c(c1)[C@@H](C)C(=O)N3CCC2. The quantitative estimate of drug-likeness (QED) is 0.912. The van der Waals surface area contributed by atoms with Crippen LogP contribution in [0.15, 0.2) is 12.1 Å². The summed E-state index contributed by atoms with van der Waals surface area (Å²) in [6.07, 6.45) is 1.92. The Morgan fingerprint density at radius 3 is 3.05 bits per heavy atom. The van der Waals surface area contributed by atoms with Gasteiger partial charge in [0.1, 0.15) is 6.61 Å². The van der Waals surface area contributed by atoms with Gasteiger partial charge in [-0.15, -0.1) is 0 Å². The van der Waals surface area contributed by atoms with E-state index in [1.54, 1.807) is 0 Å². The molecule has 0 aromatic heterocycles. The Balaban J connectivity index is 1.98. The van der Waals surface area contributed by atoms with E-state index in [1.807, 2.05) is 24.0 Å². The van der Waals surface area contributed by atoms with Gasteiger partial charge in [-0.3, -0.25) is 9.59 Å². The van der Waals surface area contributed by atoms with E-state index in [-0.39, 0.29) is 24.3 Å². The van der Waals surface area contributed by atoms with Crippen LogP contribution in [0.25, 0.3) is 0 Å². The Labute approximate surface area is 117 Å². The molecular formula is C15H18N2O3. The lowest BCUT2D eigenvalue weighted by molar-refractivity contribution is -0.120. The van der Waals surface area contributed by atoms with Crippen molar-refractivity contribution in [3.63, 3.8) is 0 Å². The van der Waals surface area contributed by atoms with Crippen LogP contribution in [-0.2, 0) is 20.7 Å². The average Bonchev–Trinajstić information content (AvgIpc) is 2.66. The van der Waals surface area contributed by atoms with Crippen molar-refractivity contribution in [2.24, 2.45) is 0 Å². The summed E-state index contributed by atoms with van der Waals surface area (Å²) in [6, 6.07) is 3.89. The molecule has 1 atom stereocenters. The predicted octanol–water partition coefficient (Wildman–Crippen LogP) is 1.67. The minimum atomic E-state index is -0.177. The van der Waals surface area contributed by atoms with Gasteiger partial charge in [-0.05, 0) is 43.0 Å². The summed E-state index contributed by atoms with van der Waals surface area (Å²) < 4.78 is 4.82. The molecule has 20 heavy (non-hydrogen) atoms. The highest BCUT2D eigenvalue weighted by Gasteiger charge is 2.37. The number of aryl methyl sites for hydroxylation is 1. The van der Waals surface area contributed by atoms with Crippen LogP contribution < -0.4 is 10.2 Å². The maximum Gasteiger partial charge on any atom is 0.250 e. The van der Waals surface area contributed by atoms with E-state index in [2.05, 4.69) is 5.32 Å². The Morgan fingerprint density at radius 2 is 2.30 bits per heavy atom. The number of benzene rings is 1. The monoisotopic (exact) mass is 274 g/mol. The molecule has 0 saturated carbocycles. The Bertz CT molecular complexity index is 583. The summed E-state index contributed by atoms with van der Waals surface area (Å²) in [5, 5.41) is 2.83. The number of nitrogens with one attached hydrogen (secondary N) is 1. The van der Waals surface area contributed by atoms with E-state index in [0.717, 1.165) is 41.9 Å². The molecule has 0 saturated heterocycles. The molecule has 0 bridgehead atoms. The topological polar surface area (TPSA) is 58.6 Å². The summed E-state index contributed by atoms with van der Waals surface area (Å²) in [5.74, 6) is -0.133. The Kier molecular flexibility index (Phi) is 3.22. The van der Waals surface area contributed by atoms with Crippen LogP contribution in [0.2, 0.25) is 0 Å². The van der Waals surface area contributed by atoms with Gasteiger partial charge in [0.25, 0.3) is 0 Å². The number of amides is 2. The molecular weight excluding hydrogens is 256 g/mol. The maximum absolute atomic E-state index is 12.2. The van der Waals surface area contributed by atoms with Gasteiger partial charge in [-0.2, -0.15) is 0 Å². The van der Waals surface area contributed by atoms with E-state index in [4.69, 9.17) is 4.74 Å². The van der Waals surface area contributed by atoms with Gasteiger partial charge < -0.3 is 15.0 Å². The molecule has 1 N–H and O–H groups in total. The molecule has 2 aliphatic rings. The van der Waals surface area contributed by atoms with Gasteiger partial charge in [-0.1, -0.05) is 0 Å². The standard InChI is InChI=1S/C15H18N2O3/c1-9-12-7-11(16-13(18)8-20-2)6-10-4-3-5-17(14(10)12)15(9)19/h6-7,9H,3-5,8H2,1-2H3,(H,16,18)/t9-/m1/s1. The molecule has 2 heterocycles. The van der Waals surface area contributed by atoms with Crippen LogP contribution in [0.4, 0.5) is 11.4 Å². The van der Waals surface area contributed by atoms with Gasteiger partial charge in [0, 0.05) is 19.3 Å². The third-order valence-corrected chi connectivity index (χ3v) is 3.98. The molecule has 2 aliphatic heterocycles. The fraction of sp³-hybridized carbons (Fsp3) is 0.467. The van der Waals surface area contributed by atoms with Gasteiger partial charge in [-0.25, -0.2) is 0 Å². The summed E-state index contributed by atoms with van der Waals surface area (Å²) in [5.41, 5.74) is 4.00. The number of ether oxygens (including phenoxy) is 1. The second kappa shape index (κ2) is 4.90. The molecule has 0 unspecified atom stereocenters. The fourth-order valence-corrected chi connectivity index (χ4v) is 3.10. The van der Waals surface area contributed by atoms with Crippen molar-refractivity contribution in [3.05, 3.63) is 23.3 Å². The van der Waals surface area contributed by atoms with Crippen LogP contribution >= 0.6 is 0 Å². The van der Waals surface area contributed by atoms with Crippen molar-refractivity contribution in [3.8, 4) is 0 Å². The second-order valence-corrected chi connectivity index (χ2v) is 5.37. The van der Waals surface area contributed by atoms with Crippen molar-refractivity contribution in [2.75, 3.05) is 30.5 Å². The zero-order valence-corrected chi connectivity index (χ0v) is 11.7. The molecule has 106 valence electrons. The number of methoxy groups -OCH3 is 1. The first-order valence-corrected chi connectivity index (χ1v) is 6.89. The smallest absolute Gasteiger partial charge is 0.250 e. The second-order valence-electron chi connectivity index (χ2n) is 5.37. The van der Waals surface area contributed by atoms with E-state index < -0.39 is 0 Å². The van der Waals surface area contributed by atoms with Crippen molar-refractivity contribution < 1.29 is 14.3 Å².